The van der Waals surface area contributed by atoms with Crippen LogP contribution in [0.25, 0.3) is 0 Å². The number of benzene rings is 2. The SMILES string of the molecule is Cc1ccc2c(c1)C(NCc1ccc(F)c(Cl)c1)CC2. The van der Waals surface area contributed by atoms with Crippen molar-refractivity contribution >= 4 is 11.6 Å². The molecule has 0 saturated heterocycles. The summed E-state index contributed by atoms with van der Waals surface area (Å²) in [7, 11) is 0. The molecular weight excluding hydrogens is 273 g/mol. The summed E-state index contributed by atoms with van der Waals surface area (Å²) < 4.78 is 13.1. The van der Waals surface area contributed by atoms with Gasteiger partial charge in [-0.3, -0.25) is 0 Å². The van der Waals surface area contributed by atoms with Crippen LogP contribution in [0.2, 0.25) is 5.02 Å². The van der Waals surface area contributed by atoms with Crippen LogP contribution in [-0.4, -0.2) is 0 Å². The molecule has 1 atom stereocenters. The zero-order chi connectivity index (χ0) is 14.1. The summed E-state index contributed by atoms with van der Waals surface area (Å²) in [6, 6.07) is 11.9. The maximum atomic E-state index is 13.1. The van der Waals surface area contributed by atoms with E-state index in [1.165, 1.54) is 22.8 Å². The van der Waals surface area contributed by atoms with Gasteiger partial charge in [0.2, 0.25) is 0 Å². The second kappa shape index (κ2) is 5.55. The maximum Gasteiger partial charge on any atom is 0.141 e. The Labute approximate surface area is 123 Å². The fourth-order valence-electron chi connectivity index (χ4n) is 2.82. The molecule has 0 heterocycles. The number of fused-ring (bicyclic) bond motifs is 1. The highest BCUT2D eigenvalue weighted by molar-refractivity contribution is 6.30. The van der Waals surface area contributed by atoms with Crippen LogP contribution < -0.4 is 5.32 Å². The summed E-state index contributed by atoms with van der Waals surface area (Å²) in [5.74, 6) is -0.364. The van der Waals surface area contributed by atoms with E-state index in [1.54, 1.807) is 12.1 Å². The van der Waals surface area contributed by atoms with E-state index in [-0.39, 0.29) is 10.8 Å². The van der Waals surface area contributed by atoms with Gasteiger partial charge in [-0.1, -0.05) is 41.4 Å². The Balaban J connectivity index is 1.71. The number of aryl methyl sites for hydroxylation is 2. The van der Waals surface area contributed by atoms with Gasteiger partial charge in [0.05, 0.1) is 5.02 Å². The summed E-state index contributed by atoms with van der Waals surface area (Å²) in [5, 5.41) is 3.73. The molecule has 1 aliphatic rings. The lowest BCUT2D eigenvalue weighted by Gasteiger charge is -2.15. The molecule has 1 unspecified atom stereocenters. The first kappa shape index (κ1) is 13.6. The Kier molecular flexibility index (Phi) is 3.77. The van der Waals surface area contributed by atoms with Crippen molar-refractivity contribution in [2.75, 3.05) is 0 Å². The van der Waals surface area contributed by atoms with E-state index in [0.29, 0.717) is 12.6 Å². The van der Waals surface area contributed by atoms with Crippen LogP contribution in [0.3, 0.4) is 0 Å². The lowest BCUT2D eigenvalue weighted by molar-refractivity contribution is 0.529. The normalized spacial score (nSPS) is 17.2. The Bertz CT molecular complexity index is 639. The average molecular weight is 290 g/mol. The van der Waals surface area contributed by atoms with Gasteiger partial charge in [-0.25, -0.2) is 4.39 Å². The van der Waals surface area contributed by atoms with Crippen LogP contribution in [0.5, 0.6) is 0 Å². The van der Waals surface area contributed by atoms with Crippen LogP contribution >= 0.6 is 11.6 Å². The van der Waals surface area contributed by atoms with Crippen molar-refractivity contribution in [1.29, 1.82) is 0 Å². The van der Waals surface area contributed by atoms with Crippen molar-refractivity contribution in [1.82, 2.24) is 5.32 Å². The van der Waals surface area contributed by atoms with Crippen LogP contribution in [0.1, 0.15) is 34.7 Å². The highest BCUT2D eigenvalue weighted by Gasteiger charge is 2.21. The van der Waals surface area contributed by atoms with Gasteiger partial charge in [0.1, 0.15) is 5.82 Å². The van der Waals surface area contributed by atoms with E-state index in [9.17, 15) is 4.39 Å². The summed E-state index contributed by atoms with van der Waals surface area (Å²) in [5.41, 5.74) is 5.14. The molecule has 0 saturated carbocycles. The summed E-state index contributed by atoms with van der Waals surface area (Å²) in [6.45, 7) is 2.83. The lowest BCUT2D eigenvalue weighted by Crippen LogP contribution is -2.18. The predicted molar refractivity (Wildman–Crippen MR) is 80.5 cm³/mol. The molecule has 2 aromatic carbocycles. The van der Waals surface area contributed by atoms with Crippen molar-refractivity contribution < 1.29 is 4.39 Å². The van der Waals surface area contributed by atoms with Crippen LogP contribution in [-0.2, 0) is 13.0 Å². The molecule has 3 rings (SSSR count). The molecule has 0 amide bonds. The van der Waals surface area contributed by atoms with E-state index >= 15 is 0 Å². The monoisotopic (exact) mass is 289 g/mol. The van der Waals surface area contributed by atoms with Gasteiger partial charge < -0.3 is 5.32 Å². The molecule has 0 aromatic heterocycles. The molecule has 0 fully saturated rings. The maximum absolute atomic E-state index is 13.1. The lowest BCUT2D eigenvalue weighted by atomic mass is 10.0. The number of hydrogen-bond acceptors (Lipinski definition) is 1. The standard InChI is InChI=1S/C17H17ClFN/c1-11-2-4-13-5-7-17(14(13)8-11)20-10-12-3-6-16(19)15(18)9-12/h2-4,6,8-9,17,20H,5,7,10H2,1H3. The second-order valence-corrected chi connectivity index (χ2v) is 5.83. The smallest absolute Gasteiger partial charge is 0.141 e. The van der Waals surface area contributed by atoms with Crippen LogP contribution in [0.15, 0.2) is 36.4 Å². The third kappa shape index (κ3) is 2.72. The topological polar surface area (TPSA) is 12.0 Å². The van der Waals surface area contributed by atoms with Crippen molar-refractivity contribution in [3.63, 3.8) is 0 Å². The van der Waals surface area contributed by atoms with Gasteiger partial charge in [-0.05, 0) is 48.6 Å². The molecule has 3 heteroatoms. The Hall–Kier alpha value is -1.38. The van der Waals surface area contributed by atoms with Crippen LogP contribution in [0, 0.1) is 12.7 Å². The minimum Gasteiger partial charge on any atom is -0.306 e. The molecule has 1 N–H and O–H groups in total. The Morgan fingerprint density at radius 2 is 2.10 bits per heavy atom. The molecule has 20 heavy (non-hydrogen) atoms. The molecule has 0 aliphatic heterocycles. The zero-order valence-electron chi connectivity index (χ0n) is 11.4. The van der Waals surface area contributed by atoms with E-state index < -0.39 is 0 Å². The molecule has 0 bridgehead atoms. The summed E-state index contributed by atoms with van der Waals surface area (Å²) in [4.78, 5) is 0. The first-order valence-corrected chi connectivity index (χ1v) is 7.28. The van der Waals surface area contributed by atoms with Gasteiger partial charge in [0.15, 0.2) is 0 Å². The van der Waals surface area contributed by atoms with Gasteiger partial charge in [0, 0.05) is 12.6 Å². The first-order valence-electron chi connectivity index (χ1n) is 6.90. The van der Waals surface area contributed by atoms with Crippen molar-refractivity contribution in [3.8, 4) is 0 Å². The molecule has 1 aliphatic carbocycles. The zero-order valence-corrected chi connectivity index (χ0v) is 12.2. The van der Waals surface area contributed by atoms with Crippen molar-refractivity contribution in [3.05, 3.63) is 69.5 Å². The molecule has 0 radical (unpaired) electrons. The van der Waals surface area contributed by atoms with Gasteiger partial charge in [-0.15, -0.1) is 0 Å². The molecule has 0 spiro atoms. The number of halogens is 2. The van der Waals surface area contributed by atoms with E-state index in [2.05, 4.69) is 30.4 Å². The fourth-order valence-corrected chi connectivity index (χ4v) is 3.03. The summed E-state index contributed by atoms with van der Waals surface area (Å²) >= 11 is 5.81. The van der Waals surface area contributed by atoms with Gasteiger partial charge in [0.25, 0.3) is 0 Å². The molecule has 1 nitrogen and oxygen atoms in total. The average Bonchev–Trinajstić information content (AvgIpc) is 2.82. The van der Waals surface area contributed by atoms with Crippen molar-refractivity contribution in [2.45, 2.75) is 32.4 Å². The quantitative estimate of drug-likeness (QED) is 0.873. The highest BCUT2D eigenvalue weighted by atomic mass is 35.5. The predicted octanol–water partition coefficient (Wildman–Crippen LogP) is 4.56. The largest absolute Gasteiger partial charge is 0.306 e. The van der Waals surface area contributed by atoms with Gasteiger partial charge in [-0.2, -0.15) is 0 Å². The van der Waals surface area contributed by atoms with E-state index in [0.717, 1.165) is 18.4 Å². The minimum atomic E-state index is -0.364. The number of nitrogens with one attached hydrogen (secondary N) is 1. The van der Waals surface area contributed by atoms with Gasteiger partial charge >= 0.3 is 0 Å². The molecular formula is C17H17ClFN. The summed E-state index contributed by atoms with van der Waals surface area (Å²) in [6.07, 6.45) is 2.24. The third-order valence-electron chi connectivity index (χ3n) is 3.92. The highest BCUT2D eigenvalue weighted by Crippen LogP contribution is 2.32. The minimum absolute atomic E-state index is 0.187. The number of hydrogen-bond donors (Lipinski definition) is 1. The third-order valence-corrected chi connectivity index (χ3v) is 4.21. The second-order valence-electron chi connectivity index (χ2n) is 5.42. The molecule has 2 aromatic rings. The Morgan fingerprint density at radius 1 is 1.25 bits per heavy atom. The molecule has 104 valence electrons. The van der Waals surface area contributed by atoms with Crippen LogP contribution in [0.4, 0.5) is 4.39 Å². The van der Waals surface area contributed by atoms with E-state index in [1.807, 2.05) is 0 Å². The van der Waals surface area contributed by atoms with E-state index in [4.69, 9.17) is 11.6 Å². The number of rotatable bonds is 3. The first-order chi connectivity index (χ1) is 9.63. The van der Waals surface area contributed by atoms with Crippen molar-refractivity contribution in [2.24, 2.45) is 0 Å². The fraction of sp³-hybridized carbons (Fsp3) is 0.294. The Morgan fingerprint density at radius 3 is 2.90 bits per heavy atom.